The number of methoxy groups -OCH3 is 1. The van der Waals surface area contributed by atoms with Crippen LogP contribution in [0.2, 0.25) is 5.02 Å². The van der Waals surface area contributed by atoms with E-state index < -0.39 is 6.04 Å². The average Bonchev–Trinajstić information content (AvgIpc) is 3.38. The maximum Gasteiger partial charge on any atom is 0.271 e. The van der Waals surface area contributed by atoms with E-state index in [0.717, 1.165) is 15.6 Å². The molecule has 0 unspecified atom stereocenters. The van der Waals surface area contributed by atoms with Crippen LogP contribution in [0.25, 0.3) is 6.08 Å². The SMILES string of the molecule is CCOc1ccc([C@H]2C(C(=O)Nc3ccccc3)=C(C)N=c3s/c(=C\c4cc(Cl)c(OCc5ccc(Br)cc5)c(OC)c4)c(=O)n32)cc1. The molecule has 11 heteroatoms. The molecular formula is C37H31BrClN3O5S. The molecule has 0 saturated heterocycles. The number of rotatable bonds is 10. The monoisotopic (exact) mass is 743 g/mol. The van der Waals surface area contributed by atoms with Gasteiger partial charge in [-0.2, -0.15) is 0 Å². The topological polar surface area (TPSA) is 91.2 Å². The molecule has 0 spiro atoms. The standard InChI is InChI=1S/C37H31BrClN3O5S/c1-4-46-28-16-12-25(13-17-28)33-32(35(43)41-27-8-6-5-7-9-27)22(2)40-37-42(33)36(44)31(48-37)20-24-18-29(39)34(30(19-24)45-3)47-21-23-10-14-26(38)15-11-23/h5-20,33H,4,21H2,1-3H3,(H,41,43)/b31-20-/t33-/m0/s1. The highest BCUT2D eigenvalue weighted by Crippen LogP contribution is 2.37. The zero-order valence-corrected chi connectivity index (χ0v) is 29.5. The highest BCUT2D eigenvalue weighted by atomic mass is 79.9. The number of anilines is 1. The van der Waals surface area contributed by atoms with Crippen molar-refractivity contribution in [2.75, 3.05) is 19.0 Å². The maximum absolute atomic E-state index is 14.2. The lowest BCUT2D eigenvalue weighted by Crippen LogP contribution is -2.40. The fourth-order valence-corrected chi connectivity index (χ4v) is 7.00. The molecule has 0 fully saturated rings. The number of benzene rings is 4. The van der Waals surface area contributed by atoms with Gasteiger partial charge in [0.1, 0.15) is 12.4 Å². The molecule has 2 heterocycles. The summed E-state index contributed by atoms with van der Waals surface area (Å²) >= 11 is 11.4. The van der Waals surface area contributed by atoms with E-state index in [0.29, 0.717) is 67.3 Å². The van der Waals surface area contributed by atoms with Crippen LogP contribution in [0, 0.1) is 0 Å². The van der Waals surface area contributed by atoms with E-state index in [4.69, 9.17) is 30.8 Å². The molecule has 0 saturated carbocycles. The Bertz CT molecular complexity index is 2180. The van der Waals surface area contributed by atoms with Crippen LogP contribution in [-0.4, -0.2) is 24.2 Å². The molecule has 0 aliphatic carbocycles. The van der Waals surface area contributed by atoms with Crippen molar-refractivity contribution in [1.82, 2.24) is 4.57 Å². The number of halogens is 2. The molecule has 1 aromatic heterocycles. The van der Waals surface area contributed by atoms with Crippen LogP contribution in [0.15, 0.2) is 117 Å². The molecule has 244 valence electrons. The van der Waals surface area contributed by atoms with Crippen LogP contribution < -0.4 is 34.4 Å². The molecule has 1 atom stereocenters. The van der Waals surface area contributed by atoms with Gasteiger partial charge < -0.3 is 19.5 Å². The lowest BCUT2D eigenvalue weighted by molar-refractivity contribution is -0.113. The molecule has 4 aromatic carbocycles. The number of thiazole rings is 1. The number of fused-ring (bicyclic) bond motifs is 1. The first-order valence-corrected chi connectivity index (χ1v) is 17.1. The fourth-order valence-electron chi connectivity index (χ4n) is 5.41. The Morgan fingerprint density at radius 3 is 2.46 bits per heavy atom. The van der Waals surface area contributed by atoms with Crippen LogP contribution in [0.3, 0.4) is 0 Å². The quantitative estimate of drug-likeness (QED) is 0.163. The summed E-state index contributed by atoms with van der Waals surface area (Å²) in [6.45, 7) is 4.52. The lowest BCUT2D eigenvalue weighted by atomic mass is 9.95. The minimum Gasteiger partial charge on any atom is -0.494 e. The summed E-state index contributed by atoms with van der Waals surface area (Å²) in [5.74, 6) is 1.19. The number of allylic oxidation sites excluding steroid dienone is 1. The fraction of sp³-hybridized carbons (Fsp3) is 0.162. The first kappa shape index (κ1) is 33.3. The van der Waals surface area contributed by atoms with Crippen molar-refractivity contribution < 1.29 is 19.0 Å². The van der Waals surface area contributed by atoms with E-state index in [2.05, 4.69) is 21.2 Å². The summed E-state index contributed by atoms with van der Waals surface area (Å²) in [7, 11) is 1.54. The number of carbonyl (C=O) groups is 1. The van der Waals surface area contributed by atoms with Gasteiger partial charge >= 0.3 is 0 Å². The van der Waals surface area contributed by atoms with Gasteiger partial charge in [0.2, 0.25) is 0 Å². The summed E-state index contributed by atoms with van der Waals surface area (Å²) in [6.07, 6.45) is 1.75. The van der Waals surface area contributed by atoms with Crippen molar-refractivity contribution in [3.63, 3.8) is 0 Å². The molecule has 1 N–H and O–H groups in total. The van der Waals surface area contributed by atoms with Gasteiger partial charge in [-0.1, -0.05) is 81.3 Å². The largest absolute Gasteiger partial charge is 0.494 e. The third-order valence-corrected chi connectivity index (χ3v) is 9.44. The Labute approximate surface area is 294 Å². The lowest BCUT2D eigenvalue weighted by Gasteiger charge is -2.25. The van der Waals surface area contributed by atoms with Gasteiger partial charge in [-0.15, -0.1) is 0 Å². The summed E-state index contributed by atoms with van der Waals surface area (Å²) in [6, 6.07) is 27.2. The van der Waals surface area contributed by atoms with Gasteiger partial charge in [0.15, 0.2) is 16.3 Å². The van der Waals surface area contributed by atoms with Crippen molar-refractivity contribution in [1.29, 1.82) is 0 Å². The average molecular weight is 745 g/mol. The number of hydrogen-bond acceptors (Lipinski definition) is 7. The normalized spacial score (nSPS) is 14.3. The molecule has 6 rings (SSSR count). The molecule has 1 amide bonds. The highest BCUT2D eigenvalue weighted by molar-refractivity contribution is 9.10. The smallest absolute Gasteiger partial charge is 0.271 e. The Morgan fingerprint density at radius 1 is 1.04 bits per heavy atom. The number of nitrogens with one attached hydrogen (secondary N) is 1. The summed E-state index contributed by atoms with van der Waals surface area (Å²) < 4.78 is 20.3. The van der Waals surface area contributed by atoms with Crippen LogP contribution in [0.1, 0.15) is 36.6 Å². The van der Waals surface area contributed by atoms with Crippen LogP contribution in [-0.2, 0) is 11.4 Å². The molecule has 0 bridgehead atoms. The highest BCUT2D eigenvalue weighted by Gasteiger charge is 2.32. The Kier molecular flexibility index (Phi) is 10.1. The van der Waals surface area contributed by atoms with Crippen molar-refractivity contribution in [2.45, 2.75) is 26.5 Å². The summed E-state index contributed by atoms with van der Waals surface area (Å²) in [5, 5.41) is 3.32. The first-order valence-electron chi connectivity index (χ1n) is 15.1. The Balaban J connectivity index is 1.40. The van der Waals surface area contributed by atoms with E-state index in [9.17, 15) is 9.59 Å². The minimum atomic E-state index is -0.727. The molecule has 1 aliphatic rings. The third kappa shape index (κ3) is 7.11. The van der Waals surface area contributed by atoms with E-state index in [1.54, 1.807) is 29.7 Å². The van der Waals surface area contributed by atoms with E-state index in [1.165, 1.54) is 18.4 Å². The predicted octanol–water partition coefficient (Wildman–Crippen LogP) is 7.28. The zero-order valence-electron chi connectivity index (χ0n) is 26.3. The predicted molar refractivity (Wildman–Crippen MR) is 193 cm³/mol. The Morgan fingerprint density at radius 2 is 1.77 bits per heavy atom. The van der Waals surface area contributed by atoms with Crippen molar-refractivity contribution >= 4 is 56.5 Å². The van der Waals surface area contributed by atoms with E-state index >= 15 is 0 Å². The number of para-hydroxylation sites is 1. The number of carbonyl (C=O) groups excluding carboxylic acids is 1. The summed E-state index contributed by atoms with van der Waals surface area (Å²) in [5.41, 5.74) is 3.60. The van der Waals surface area contributed by atoms with Crippen molar-refractivity contribution in [3.05, 3.63) is 148 Å². The first-order chi connectivity index (χ1) is 23.2. The molecular weight excluding hydrogens is 714 g/mol. The van der Waals surface area contributed by atoms with Gasteiger partial charge in [-0.25, -0.2) is 4.99 Å². The maximum atomic E-state index is 14.2. The molecule has 0 radical (unpaired) electrons. The molecule has 5 aromatic rings. The van der Waals surface area contributed by atoms with E-state index in [-0.39, 0.29) is 11.5 Å². The molecule has 48 heavy (non-hydrogen) atoms. The zero-order chi connectivity index (χ0) is 33.8. The van der Waals surface area contributed by atoms with Gasteiger partial charge in [-0.05, 0) is 85.1 Å². The van der Waals surface area contributed by atoms with Gasteiger partial charge in [0.25, 0.3) is 11.5 Å². The number of amides is 1. The number of ether oxygens (including phenoxy) is 3. The third-order valence-electron chi connectivity index (χ3n) is 7.65. The summed E-state index contributed by atoms with van der Waals surface area (Å²) in [4.78, 5) is 33.3. The van der Waals surface area contributed by atoms with Gasteiger partial charge in [0.05, 0.1) is 40.6 Å². The van der Waals surface area contributed by atoms with E-state index in [1.807, 2.05) is 85.8 Å². The second-order valence-corrected chi connectivity index (χ2v) is 13.2. The number of hydrogen-bond donors (Lipinski definition) is 1. The number of nitrogens with zero attached hydrogens (tertiary/aromatic N) is 2. The molecule has 1 aliphatic heterocycles. The second-order valence-electron chi connectivity index (χ2n) is 10.9. The van der Waals surface area contributed by atoms with Crippen LogP contribution >= 0.6 is 38.9 Å². The number of aromatic nitrogens is 1. The second kappa shape index (κ2) is 14.6. The van der Waals surface area contributed by atoms with Gasteiger partial charge in [-0.3, -0.25) is 14.2 Å². The van der Waals surface area contributed by atoms with Crippen molar-refractivity contribution in [3.8, 4) is 17.2 Å². The molecule has 8 nitrogen and oxygen atoms in total. The van der Waals surface area contributed by atoms with Crippen molar-refractivity contribution in [2.24, 2.45) is 4.99 Å². The minimum absolute atomic E-state index is 0.291. The Hall–Kier alpha value is -4.64. The van der Waals surface area contributed by atoms with Gasteiger partial charge in [0, 0.05) is 10.2 Å². The van der Waals surface area contributed by atoms with Crippen LogP contribution in [0.4, 0.5) is 5.69 Å². The van der Waals surface area contributed by atoms with Crippen LogP contribution in [0.5, 0.6) is 17.2 Å².